The number of hydrogen-bond donors (Lipinski definition) is 1. The van der Waals surface area contributed by atoms with Gasteiger partial charge >= 0.3 is 5.97 Å². The van der Waals surface area contributed by atoms with Gasteiger partial charge < -0.3 is 19.5 Å². The van der Waals surface area contributed by atoms with Crippen LogP contribution in [0.25, 0.3) is 0 Å². The van der Waals surface area contributed by atoms with Crippen LogP contribution in [0.3, 0.4) is 0 Å². The Morgan fingerprint density at radius 2 is 2.23 bits per heavy atom. The molecule has 1 aliphatic heterocycles. The van der Waals surface area contributed by atoms with Gasteiger partial charge in [-0.3, -0.25) is 0 Å². The Balaban J connectivity index is 2.60. The second-order valence-electron chi connectivity index (χ2n) is 5.16. The van der Waals surface area contributed by atoms with Crippen LogP contribution >= 0.6 is 0 Å². The minimum Gasteiger partial charge on any atom is -0.459 e. The first kappa shape index (κ1) is 18.5. The molecule has 0 spiro atoms. The number of carbonyl (C=O) groups is 1. The van der Waals surface area contributed by atoms with E-state index in [1.807, 2.05) is 19.9 Å². The molecule has 1 rings (SSSR count). The number of ether oxygens (including phenoxy) is 3. The van der Waals surface area contributed by atoms with E-state index in [0.29, 0.717) is 37.8 Å². The first-order valence-electron chi connectivity index (χ1n) is 7.92. The number of nitrogens with zero attached hydrogens (tertiary/aromatic N) is 1. The molecule has 0 bridgehead atoms. The summed E-state index contributed by atoms with van der Waals surface area (Å²) in [5.41, 5.74) is 0.732. The fraction of sp³-hybridized carbons (Fsp3) is 0.750. The van der Waals surface area contributed by atoms with Crippen molar-refractivity contribution in [1.82, 2.24) is 5.32 Å². The van der Waals surface area contributed by atoms with Gasteiger partial charge in [-0.25, -0.2) is 4.79 Å². The molecular formula is C16H26N2O4. The fourth-order valence-corrected chi connectivity index (χ4v) is 2.21. The number of esters is 1. The molecule has 0 aromatic heterocycles. The molecule has 124 valence electrons. The molecule has 1 unspecified atom stereocenters. The minimum atomic E-state index is -0.583. The first-order chi connectivity index (χ1) is 10.7. The zero-order chi connectivity index (χ0) is 16.2. The summed E-state index contributed by atoms with van der Waals surface area (Å²) in [6, 6.07) is 1.97. The van der Waals surface area contributed by atoms with Crippen molar-refractivity contribution < 1.29 is 19.0 Å². The Morgan fingerprint density at radius 3 is 2.82 bits per heavy atom. The van der Waals surface area contributed by atoms with E-state index in [2.05, 4.69) is 5.32 Å². The Kier molecular flexibility index (Phi) is 9.28. The zero-order valence-electron chi connectivity index (χ0n) is 13.5. The van der Waals surface area contributed by atoms with E-state index in [1.54, 1.807) is 0 Å². The van der Waals surface area contributed by atoms with Crippen molar-refractivity contribution in [3.05, 3.63) is 11.3 Å². The molecule has 0 aromatic carbocycles. The maximum atomic E-state index is 12.0. The maximum Gasteiger partial charge on any atom is 0.350 e. The predicted octanol–water partition coefficient (Wildman–Crippen LogP) is 1.77. The molecule has 1 fully saturated rings. The van der Waals surface area contributed by atoms with E-state index in [1.165, 1.54) is 0 Å². The molecule has 1 atom stereocenters. The van der Waals surface area contributed by atoms with Gasteiger partial charge in [-0.05, 0) is 19.8 Å². The van der Waals surface area contributed by atoms with Gasteiger partial charge in [-0.15, -0.1) is 0 Å². The van der Waals surface area contributed by atoms with Gasteiger partial charge in [-0.1, -0.05) is 13.3 Å². The third-order valence-corrected chi connectivity index (χ3v) is 3.41. The van der Waals surface area contributed by atoms with Crippen LogP contribution in [0.5, 0.6) is 0 Å². The third kappa shape index (κ3) is 6.46. The number of allylic oxidation sites excluding steroid dienone is 1. The van der Waals surface area contributed by atoms with Crippen LogP contribution in [0, 0.1) is 17.2 Å². The highest BCUT2D eigenvalue weighted by atomic mass is 16.6. The summed E-state index contributed by atoms with van der Waals surface area (Å²) < 4.78 is 15.5. The molecule has 6 heteroatoms. The lowest BCUT2D eigenvalue weighted by Gasteiger charge is -2.15. The summed E-state index contributed by atoms with van der Waals surface area (Å²) in [6.45, 7) is 7.19. The average molecular weight is 310 g/mol. The van der Waals surface area contributed by atoms with Crippen LogP contribution in [0.4, 0.5) is 0 Å². The molecule has 1 saturated heterocycles. The fourth-order valence-electron chi connectivity index (χ4n) is 2.21. The van der Waals surface area contributed by atoms with Gasteiger partial charge in [0.2, 0.25) is 0 Å². The van der Waals surface area contributed by atoms with E-state index in [-0.39, 0.29) is 12.2 Å². The first-order valence-corrected chi connectivity index (χ1v) is 7.92. The van der Waals surface area contributed by atoms with Gasteiger partial charge in [0.15, 0.2) is 5.57 Å². The Labute approximate surface area is 132 Å². The van der Waals surface area contributed by atoms with Crippen molar-refractivity contribution >= 4 is 5.97 Å². The summed E-state index contributed by atoms with van der Waals surface area (Å²) in [7, 11) is 0. The van der Waals surface area contributed by atoms with Gasteiger partial charge in [0.1, 0.15) is 12.7 Å². The molecule has 0 amide bonds. The summed E-state index contributed by atoms with van der Waals surface area (Å²) >= 11 is 0. The van der Waals surface area contributed by atoms with Crippen LogP contribution in [0.1, 0.15) is 33.1 Å². The van der Waals surface area contributed by atoms with E-state index in [0.717, 1.165) is 26.1 Å². The Bertz CT molecular complexity index is 409. The quantitative estimate of drug-likeness (QED) is 0.287. The summed E-state index contributed by atoms with van der Waals surface area (Å²) in [5, 5.41) is 12.5. The number of carbonyl (C=O) groups excluding carboxylic acids is 1. The molecule has 22 heavy (non-hydrogen) atoms. The number of nitriles is 1. The highest BCUT2D eigenvalue weighted by Gasteiger charge is 2.19. The third-order valence-electron chi connectivity index (χ3n) is 3.41. The number of nitrogens with one attached hydrogen (secondary N) is 1. The van der Waals surface area contributed by atoms with Gasteiger partial charge in [0, 0.05) is 31.4 Å². The topological polar surface area (TPSA) is 80.6 Å². The lowest BCUT2D eigenvalue weighted by atomic mass is 10.1. The van der Waals surface area contributed by atoms with Gasteiger partial charge in [-0.2, -0.15) is 5.26 Å². The number of rotatable bonds is 10. The summed E-state index contributed by atoms with van der Waals surface area (Å²) in [5.74, 6) is -0.151. The van der Waals surface area contributed by atoms with E-state index < -0.39 is 5.97 Å². The van der Waals surface area contributed by atoms with Crippen molar-refractivity contribution in [1.29, 1.82) is 5.26 Å². The van der Waals surface area contributed by atoms with Crippen molar-refractivity contribution in [2.45, 2.75) is 33.1 Å². The molecular weight excluding hydrogens is 284 g/mol. The molecule has 0 saturated carbocycles. The standard InChI is InChI=1S/C16H26N2O4/c1-3-5-15(18-11-13-6-7-21-12-13)14(10-17)16(19)22-9-8-20-4-2/h13,18H,3-9,11-12H2,1-2H3/b15-14+. The average Bonchev–Trinajstić information content (AvgIpc) is 3.03. The van der Waals surface area contributed by atoms with Gasteiger partial charge in [0.05, 0.1) is 13.2 Å². The zero-order valence-corrected chi connectivity index (χ0v) is 13.5. The second kappa shape index (κ2) is 11.0. The smallest absolute Gasteiger partial charge is 0.350 e. The van der Waals surface area contributed by atoms with Crippen molar-refractivity contribution in [3.63, 3.8) is 0 Å². The number of hydrogen-bond acceptors (Lipinski definition) is 6. The molecule has 0 aliphatic carbocycles. The van der Waals surface area contributed by atoms with Crippen molar-refractivity contribution in [2.75, 3.05) is 39.6 Å². The van der Waals surface area contributed by atoms with Crippen LogP contribution in [0.2, 0.25) is 0 Å². The monoisotopic (exact) mass is 310 g/mol. The lowest BCUT2D eigenvalue weighted by Crippen LogP contribution is -2.26. The maximum absolute atomic E-state index is 12.0. The van der Waals surface area contributed by atoms with E-state index in [9.17, 15) is 10.1 Å². The Morgan fingerprint density at radius 1 is 1.41 bits per heavy atom. The minimum absolute atomic E-state index is 0.0669. The second-order valence-corrected chi connectivity index (χ2v) is 5.16. The van der Waals surface area contributed by atoms with Crippen molar-refractivity contribution in [3.8, 4) is 6.07 Å². The summed E-state index contributed by atoms with van der Waals surface area (Å²) in [6.07, 6.45) is 2.50. The molecule has 1 aliphatic rings. The lowest BCUT2D eigenvalue weighted by molar-refractivity contribution is -0.140. The highest BCUT2D eigenvalue weighted by molar-refractivity contribution is 5.93. The molecule has 0 radical (unpaired) electrons. The predicted molar refractivity (Wildman–Crippen MR) is 81.9 cm³/mol. The molecule has 0 aromatic rings. The SMILES string of the molecule is CCC/C(NCC1CCOC1)=C(/C#N)C(=O)OCCOCC. The highest BCUT2D eigenvalue weighted by Crippen LogP contribution is 2.14. The van der Waals surface area contributed by atoms with Gasteiger partial charge in [0.25, 0.3) is 0 Å². The van der Waals surface area contributed by atoms with E-state index >= 15 is 0 Å². The largest absolute Gasteiger partial charge is 0.459 e. The summed E-state index contributed by atoms with van der Waals surface area (Å²) in [4.78, 5) is 12.0. The molecule has 6 nitrogen and oxygen atoms in total. The van der Waals surface area contributed by atoms with Crippen LogP contribution in [-0.4, -0.2) is 45.5 Å². The normalized spacial score (nSPS) is 18.5. The van der Waals surface area contributed by atoms with Crippen molar-refractivity contribution in [2.24, 2.45) is 5.92 Å². The van der Waals surface area contributed by atoms with Crippen LogP contribution in [-0.2, 0) is 19.0 Å². The van der Waals surface area contributed by atoms with Crippen LogP contribution in [0.15, 0.2) is 11.3 Å². The van der Waals surface area contributed by atoms with E-state index in [4.69, 9.17) is 14.2 Å². The molecule has 1 heterocycles. The van der Waals surface area contributed by atoms with Crippen LogP contribution < -0.4 is 5.32 Å². The Hall–Kier alpha value is -1.58. The molecule has 1 N–H and O–H groups in total.